The Kier molecular flexibility index (Phi) is 7.61. The van der Waals surface area contributed by atoms with Crippen LogP contribution in [0.25, 0.3) is 0 Å². The highest BCUT2D eigenvalue weighted by Gasteiger charge is 2.25. The van der Waals surface area contributed by atoms with Crippen LogP contribution in [0.4, 0.5) is 0 Å². The summed E-state index contributed by atoms with van der Waals surface area (Å²) < 4.78 is 47.2. The number of benzene rings is 1. The third-order valence-electron chi connectivity index (χ3n) is 3.84. The Balaban J connectivity index is 1.95. The van der Waals surface area contributed by atoms with Crippen LogP contribution in [0, 0.1) is 6.92 Å². The summed E-state index contributed by atoms with van der Waals surface area (Å²) in [5.74, 6) is 0. The standard InChI is InChI=1S/C19H30O6S/c1-15-8-10-17(11-9-15)26(20,21)24-14-16(25-19(2,3)4)13-23-18-7-5-6-12-22-18/h8-11,16,18H,5-7,12-14H2,1-4H3/t16-,18?/m1/s1. The van der Waals surface area contributed by atoms with Crippen LogP contribution < -0.4 is 0 Å². The minimum Gasteiger partial charge on any atom is -0.368 e. The van der Waals surface area contributed by atoms with E-state index in [0.29, 0.717) is 6.61 Å². The van der Waals surface area contributed by atoms with E-state index in [1.807, 2.05) is 27.7 Å². The van der Waals surface area contributed by atoms with Gasteiger partial charge in [-0.05, 0) is 59.1 Å². The Bertz CT molecular complexity index is 642. The average Bonchev–Trinajstić information content (AvgIpc) is 2.57. The van der Waals surface area contributed by atoms with Gasteiger partial charge in [-0.3, -0.25) is 4.18 Å². The minimum atomic E-state index is -3.84. The van der Waals surface area contributed by atoms with Crippen molar-refractivity contribution in [2.45, 2.75) is 69.8 Å². The van der Waals surface area contributed by atoms with E-state index in [9.17, 15) is 8.42 Å². The van der Waals surface area contributed by atoms with Gasteiger partial charge < -0.3 is 14.2 Å². The highest BCUT2D eigenvalue weighted by Crippen LogP contribution is 2.19. The molecule has 2 atom stereocenters. The van der Waals surface area contributed by atoms with Gasteiger partial charge in [0.15, 0.2) is 6.29 Å². The maximum absolute atomic E-state index is 12.4. The fraction of sp³-hybridized carbons (Fsp3) is 0.684. The van der Waals surface area contributed by atoms with Crippen molar-refractivity contribution in [1.82, 2.24) is 0 Å². The molecule has 0 radical (unpaired) electrons. The maximum Gasteiger partial charge on any atom is 0.297 e. The van der Waals surface area contributed by atoms with Crippen molar-refractivity contribution < 1.29 is 26.8 Å². The minimum absolute atomic E-state index is 0.111. The molecule has 1 heterocycles. The summed E-state index contributed by atoms with van der Waals surface area (Å²) in [4.78, 5) is 0.133. The Morgan fingerprint density at radius 3 is 2.42 bits per heavy atom. The molecule has 2 rings (SSSR count). The monoisotopic (exact) mass is 386 g/mol. The number of hydrogen-bond acceptors (Lipinski definition) is 6. The molecule has 0 spiro atoms. The van der Waals surface area contributed by atoms with Gasteiger partial charge >= 0.3 is 0 Å². The van der Waals surface area contributed by atoms with Gasteiger partial charge in [0, 0.05) is 6.61 Å². The van der Waals surface area contributed by atoms with Crippen LogP contribution in [0.2, 0.25) is 0 Å². The van der Waals surface area contributed by atoms with E-state index in [4.69, 9.17) is 18.4 Å². The highest BCUT2D eigenvalue weighted by molar-refractivity contribution is 7.86. The van der Waals surface area contributed by atoms with Gasteiger partial charge in [0.2, 0.25) is 0 Å². The van der Waals surface area contributed by atoms with Crippen LogP contribution in [-0.2, 0) is 28.5 Å². The molecule has 1 aliphatic heterocycles. The van der Waals surface area contributed by atoms with Crippen LogP contribution in [0.1, 0.15) is 45.6 Å². The molecule has 0 N–H and O–H groups in total. The summed E-state index contributed by atoms with van der Waals surface area (Å²) in [6, 6.07) is 6.55. The van der Waals surface area contributed by atoms with E-state index in [1.54, 1.807) is 12.1 Å². The van der Waals surface area contributed by atoms with Crippen molar-refractivity contribution in [3.8, 4) is 0 Å². The second kappa shape index (κ2) is 9.28. The summed E-state index contributed by atoms with van der Waals surface area (Å²) in [6.45, 7) is 8.41. The van der Waals surface area contributed by atoms with E-state index >= 15 is 0 Å². The van der Waals surface area contributed by atoms with E-state index in [1.165, 1.54) is 12.1 Å². The Morgan fingerprint density at radius 1 is 1.15 bits per heavy atom. The maximum atomic E-state index is 12.4. The van der Waals surface area contributed by atoms with Gasteiger partial charge in [0.25, 0.3) is 10.1 Å². The fourth-order valence-corrected chi connectivity index (χ4v) is 3.55. The number of aryl methyl sites for hydroxylation is 1. The van der Waals surface area contributed by atoms with Gasteiger partial charge in [-0.1, -0.05) is 17.7 Å². The van der Waals surface area contributed by atoms with E-state index in [2.05, 4.69) is 0 Å². The molecule has 1 aromatic carbocycles. The first-order valence-electron chi connectivity index (χ1n) is 9.03. The van der Waals surface area contributed by atoms with E-state index in [-0.39, 0.29) is 24.4 Å². The molecule has 7 heteroatoms. The van der Waals surface area contributed by atoms with Gasteiger partial charge in [-0.15, -0.1) is 0 Å². The highest BCUT2D eigenvalue weighted by atomic mass is 32.2. The summed E-state index contributed by atoms with van der Waals surface area (Å²) in [5, 5.41) is 0. The van der Waals surface area contributed by atoms with Crippen molar-refractivity contribution in [3.63, 3.8) is 0 Å². The molecular formula is C19H30O6S. The van der Waals surface area contributed by atoms with Crippen LogP contribution in [0.3, 0.4) is 0 Å². The van der Waals surface area contributed by atoms with E-state index in [0.717, 1.165) is 24.8 Å². The zero-order valence-corrected chi connectivity index (χ0v) is 16.9. The number of rotatable bonds is 8. The van der Waals surface area contributed by atoms with Crippen molar-refractivity contribution >= 4 is 10.1 Å². The second-order valence-corrected chi connectivity index (χ2v) is 9.15. The van der Waals surface area contributed by atoms with E-state index < -0.39 is 21.8 Å². The van der Waals surface area contributed by atoms with Gasteiger partial charge in [0.05, 0.1) is 23.7 Å². The molecule has 1 aromatic rings. The van der Waals surface area contributed by atoms with Crippen molar-refractivity contribution in [2.24, 2.45) is 0 Å². The lowest BCUT2D eigenvalue weighted by atomic mass is 10.2. The van der Waals surface area contributed by atoms with Crippen LogP contribution in [0.5, 0.6) is 0 Å². The summed E-state index contributed by atoms with van der Waals surface area (Å²) in [6.07, 6.45) is 2.17. The SMILES string of the molecule is Cc1ccc(S(=O)(=O)OC[C@@H](COC2CCCCO2)OC(C)(C)C)cc1. The smallest absolute Gasteiger partial charge is 0.297 e. The molecule has 1 saturated heterocycles. The zero-order valence-electron chi connectivity index (χ0n) is 16.1. The first-order valence-corrected chi connectivity index (χ1v) is 10.4. The lowest BCUT2D eigenvalue weighted by Gasteiger charge is -2.29. The molecule has 1 unspecified atom stereocenters. The lowest BCUT2D eigenvalue weighted by molar-refractivity contribution is -0.193. The summed E-state index contributed by atoms with van der Waals surface area (Å²) >= 11 is 0. The molecule has 0 amide bonds. The predicted molar refractivity (Wildman–Crippen MR) is 98.5 cm³/mol. The van der Waals surface area contributed by atoms with Gasteiger partial charge in [-0.25, -0.2) is 0 Å². The summed E-state index contributed by atoms with van der Waals surface area (Å²) in [7, 11) is -3.84. The molecule has 0 saturated carbocycles. The van der Waals surface area contributed by atoms with Crippen LogP contribution in [-0.4, -0.2) is 46.2 Å². The molecular weight excluding hydrogens is 356 g/mol. The first-order chi connectivity index (χ1) is 12.2. The largest absolute Gasteiger partial charge is 0.368 e. The van der Waals surface area contributed by atoms with Crippen molar-refractivity contribution in [3.05, 3.63) is 29.8 Å². The Labute approximate surface area is 156 Å². The zero-order chi connectivity index (χ0) is 19.2. The molecule has 0 aromatic heterocycles. The van der Waals surface area contributed by atoms with Crippen LogP contribution >= 0.6 is 0 Å². The third-order valence-corrected chi connectivity index (χ3v) is 5.14. The van der Waals surface area contributed by atoms with Gasteiger partial charge in [0.1, 0.15) is 6.10 Å². The van der Waals surface area contributed by atoms with Crippen LogP contribution in [0.15, 0.2) is 29.2 Å². The molecule has 1 fully saturated rings. The first kappa shape index (κ1) is 21.3. The Hall–Kier alpha value is -0.990. The van der Waals surface area contributed by atoms with Crippen molar-refractivity contribution in [2.75, 3.05) is 19.8 Å². The normalized spacial score (nSPS) is 20.1. The third kappa shape index (κ3) is 7.32. The number of ether oxygens (including phenoxy) is 3. The Morgan fingerprint density at radius 2 is 1.85 bits per heavy atom. The lowest BCUT2D eigenvalue weighted by Crippen LogP contribution is -2.37. The molecule has 26 heavy (non-hydrogen) atoms. The topological polar surface area (TPSA) is 71.1 Å². The fourth-order valence-electron chi connectivity index (χ4n) is 2.61. The second-order valence-electron chi connectivity index (χ2n) is 7.53. The molecule has 1 aliphatic rings. The van der Waals surface area contributed by atoms with Gasteiger partial charge in [-0.2, -0.15) is 8.42 Å². The molecule has 0 aliphatic carbocycles. The predicted octanol–water partition coefficient (Wildman–Crippen LogP) is 3.43. The molecule has 148 valence electrons. The quantitative estimate of drug-likeness (QED) is 0.638. The number of hydrogen-bond donors (Lipinski definition) is 0. The molecule has 6 nitrogen and oxygen atoms in total. The molecule has 0 bridgehead atoms. The summed E-state index contributed by atoms with van der Waals surface area (Å²) in [5.41, 5.74) is 0.539. The van der Waals surface area contributed by atoms with Crippen molar-refractivity contribution in [1.29, 1.82) is 0 Å². The average molecular weight is 387 g/mol.